The Morgan fingerprint density at radius 2 is 1.84 bits per heavy atom. The van der Waals surface area contributed by atoms with Gasteiger partial charge in [0, 0.05) is 30.2 Å². The number of aromatic nitrogens is 2. The van der Waals surface area contributed by atoms with Crippen LogP contribution in [-0.2, 0) is 14.8 Å². The van der Waals surface area contributed by atoms with E-state index in [4.69, 9.17) is 21.1 Å². The van der Waals surface area contributed by atoms with Crippen molar-refractivity contribution in [3.63, 3.8) is 0 Å². The van der Waals surface area contributed by atoms with Crippen molar-refractivity contribution in [1.29, 1.82) is 0 Å². The van der Waals surface area contributed by atoms with Crippen molar-refractivity contribution >= 4 is 32.7 Å². The highest BCUT2D eigenvalue weighted by Gasteiger charge is 2.39. The van der Waals surface area contributed by atoms with Crippen molar-refractivity contribution in [3.05, 3.63) is 89.2 Å². The Morgan fingerprint density at radius 3 is 2.56 bits per heavy atom. The van der Waals surface area contributed by atoms with E-state index >= 15 is 0 Å². The Labute approximate surface area is 191 Å². The number of nitrogens with zero attached hydrogens (tertiary/aromatic N) is 2. The molecule has 4 aromatic rings. The van der Waals surface area contributed by atoms with Gasteiger partial charge in [-0.15, -0.1) is 0 Å². The van der Waals surface area contributed by atoms with Crippen LogP contribution >= 0.6 is 11.6 Å². The standard InChI is InChI=1S/C24H21ClN2O4S/c1-2-30-21-15-20(16-10-12-17(25)13-11-16)22-23(31-21)19-9-6-14-26-24(19)27(22)32(28,29)18-7-4-3-5-8-18/h3-14,20-21H,2,15H2,1H3. The number of halogens is 1. The summed E-state index contributed by atoms with van der Waals surface area (Å²) in [4.78, 5) is 4.62. The van der Waals surface area contributed by atoms with Gasteiger partial charge in [0.15, 0.2) is 11.4 Å². The molecule has 0 N–H and O–H groups in total. The third-order valence-corrected chi connectivity index (χ3v) is 7.56. The zero-order chi connectivity index (χ0) is 22.3. The Bertz CT molecular complexity index is 1370. The van der Waals surface area contributed by atoms with Crippen molar-refractivity contribution in [2.75, 3.05) is 6.61 Å². The summed E-state index contributed by atoms with van der Waals surface area (Å²) in [6.45, 7) is 2.38. The van der Waals surface area contributed by atoms with Crippen LogP contribution in [-0.4, -0.2) is 30.3 Å². The maximum atomic E-state index is 13.8. The summed E-state index contributed by atoms with van der Waals surface area (Å²) in [5.74, 6) is 0.192. The highest BCUT2D eigenvalue weighted by molar-refractivity contribution is 7.90. The molecule has 0 aliphatic carbocycles. The highest BCUT2D eigenvalue weighted by atomic mass is 35.5. The molecule has 0 radical (unpaired) electrons. The summed E-state index contributed by atoms with van der Waals surface area (Å²) < 4.78 is 41.0. The molecular weight excluding hydrogens is 448 g/mol. The molecule has 0 bridgehead atoms. The lowest BCUT2D eigenvalue weighted by molar-refractivity contribution is -0.0889. The summed E-state index contributed by atoms with van der Waals surface area (Å²) >= 11 is 6.12. The van der Waals surface area contributed by atoms with Crippen molar-refractivity contribution in [3.8, 4) is 5.75 Å². The van der Waals surface area contributed by atoms with Gasteiger partial charge in [0.05, 0.1) is 16.0 Å². The van der Waals surface area contributed by atoms with Gasteiger partial charge >= 0.3 is 0 Å². The van der Waals surface area contributed by atoms with Crippen LogP contribution in [0.1, 0.15) is 30.5 Å². The molecular formula is C24H21ClN2O4S. The number of benzene rings is 2. The molecule has 32 heavy (non-hydrogen) atoms. The van der Waals surface area contributed by atoms with E-state index in [1.165, 1.54) is 3.97 Å². The summed E-state index contributed by atoms with van der Waals surface area (Å²) in [6.07, 6.45) is 1.54. The third-order valence-electron chi connectivity index (χ3n) is 5.59. The largest absolute Gasteiger partial charge is 0.462 e. The van der Waals surface area contributed by atoms with E-state index in [1.807, 2.05) is 25.1 Å². The van der Waals surface area contributed by atoms with Gasteiger partial charge in [-0.05, 0) is 48.9 Å². The second kappa shape index (κ2) is 8.24. The maximum absolute atomic E-state index is 13.8. The Balaban J connectivity index is 1.82. The lowest BCUT2D eigenvalue weighted by Crippen LogP contribution is -2.31. The van der Waals surface area contributed by atoms with E-state index in [2.05, 4.69) is 4.98 Å². The molecule has 1 aliphatic heterocycles. The van der Waals surface area contributed by atoms with Crippen LogP contribution in [0.3, 0.4) is 0 Å². The smallest absolute Gasteiger partial charge is 0.269 e. The number of hydrogen-bond acceptors (Lipinski definition) is 5. The minimum atomic E-state index is -3.94. The minimum absolute atomic E-state index is 0.187. The normalized spacial score (nSPS) is 18.3. The summed E-state index contributed by atoms with van der Waals surface area (Å²) in [7, 11) is -3.94. The third kappa shape index (κ3) is 3.46. The van der Waals surface area contributed by atoms with Crippen LogP contribution in [0.2, 0.25) is 5.02 Å². The molecule has 2 atom stereocenters. The van der Waals surface area contributed by atoms with Crippen molar-refractivity contribution in [2.45, 2.75) is 30.4 Å². The van der Waals surface area contributed by atoms with Crippen LogP contribution in [0.4, 0.5) is 0 Å². The van der Waals surface area contributed by atoms with Crippen molar-refractivity contribution in [2.24, 2.45) is 0 Å². The molecule has 0 spiro atoms. The molecule has 8 heteroatoms. The number of pyridine rings is 1. The first-order valence-corrected chi connectivity index (χ1v) is 12.2. The molecule has 2 unspecified atom stereocenters. The van der Waals surface area contributed by atoms with Gasteiger partial charge in [0.2, 0.25) is 6.29 Å². The fraction of sp³-hybridized carbons (Fsp3) is 0.208. The lowest BCUT2D eigenvalue weighted by atomic mass is 9.90. The van der Waals surface area contributed by atoms with Crippen LogP contribution < -0.4 is 4.74 Å². The topological polar surface area (TPSA) is 70.4 Å². The average molecular weight is 469 g/mol. The molecule has 0 saturated carbocycles. The number of hydrogen-bond donors (Lipinski definition) is 0. The van der Waals surface area contributed by atoms with Crippen LogP contribution in [0.5, 0.6) is 5.75 Å². The fourth-order valence-corrected chi connectivity index (χ4v) is 5.89. The van der Waals surface area contributed by atoms with E-state index in [9.17, 15) is 8.42 Å². The predicted molar refractivity (Wildman–Crippen MR) is 123 cm³/mol. The van der Waals surface area contributed by atoms with Crippen molar-refractivity contribution < 1.29 is 17.9 Å². The van der Waals surface area contributed by atoms with Crippen LogP contribution in [0.25, 0.3) is 11.0 Å². The Morgan fingerprint density at radius 1 is 1.09 bits per heavy atom. The lowest BCUT2D eigenvalue weighted by Gasteiger charge is -2.31. The monoisotopic (exact) mass is 468 g/mol. The summed E-state index contributed by atoms with van der Waals surface area (Å²) in [5, 5.41) is 1.24. The highest BCUT2D eigenvalue weighted by Crippen LogP contribution is 2.47. The van der Waals surface area contributed by atoms with E-state index in [0.717, 1.165) is 5.56 Å². The number of ether oxygens (including phenoxy) is 2. The molecule has 5 rings (SSSR count). The molecule has 0 fully saturated rings. The quantitative estimate of drug-likeness (QED) is 0.402. The average Bonchev–Trinajstić information content (AvgIpc) is 3.15. The SMILES string of the molecule is CCOC1CC(c2ccc(Cl)cc2)c2c(c3cccnc3n2S(=O)(=O)c2ccccc2)O1. The second-order valence-corrected chi connectivity index (χ2v) is 9.74. The van der Waals surface area contributed by atoms with E-state index in [-0.39, 0.29) is 10.8 Å². The molecule has 1 aliphatic rings. The van der Waals surface area contributed by atoms with Gasteiger partial charge in [-0.1, -0.05) is 41.9 Å². The van der Waals surface area contributed by atoms with Gasteiger partial charge in [0.25, 0.3) is 10.0 Å². The number of rotatable bonds is 5. The Kier molecular flexibility index (Phi) is 5.41. The first-order chi connectivity index (χ1) is 15.5. The van der Waals surface area contributed by atoms with Gasteiger partial charge in [-0.3, -0.25) is 0 Å². The molecule has 6 nitrogen and oxygen atoms in total. The van der Waals surface area contributed by atoms with E-state index in [1.54, 1.807) is 54.7 Å². The molecule has 2 aromatic carbocycles. The van der Waals surface area contributed by atoms with Gasteiger partial charge in [-0.2, -0.15) is 0 Å². The summed E-state index contributed by atoms with van der Waals surface area (Å²) in [5.41, 5.74) is 1.80. The zero-order valence-electron chi connectivity index (χ0n) is 17.3. The molecule has 0 amide bonds. The summed E-state index contributed by atoms with van der Waals surface area (Å²) in [6, 6.07) is 19.4. The molecule has 0 saturated heterocycles. The first-order valence-electron chi connectivity index (χ1n) is 10.3. The van der Waals surface area contributed by atoms with Gasteiger partial charge < -0.3 is 9.47 Å². The molecule has 164 valence electrons. The van der Waals surface area contributed by atoms with Crippen molar-refractivity contribution in [1.82, 2.24) is 8.96 Å². The first kappa shape index (κ1) is 21.0. The minimum Gasteiger partial charge on any atom is -0.462 e. The van der Waals surface area contributed by atoms with Gasteiger partial charge in [-0.25, -0.2) is 17.4 Å². The fourth-order valence-electron chi connectivity index (χ4n) is 4.21. The Hall–Kier alpha value is -2.87. The predicted octanol–water partition coefficient (Wildman–Crippen LogP) is 5.20. The number of fused-ring (bicyclic) bond motifs is 3. The second-order valence-electron chi connectivity index (χ2n) is 7.51. The van der Waals surface area contributed by atoms with Crippen LogP contribution in [0, 0.1) is 0 Å². The maximum Gasteiger partial charge on any atom is 0.269 e. The van der Waals surface area contributed by atoms with E-state index in [0.29, 0.717) is 40.5 Å². The zero-order valence-corrected chi connectivity index (χ0v) is 18.9. The molecule has 2 aromatic heterocycles. The van der Waals surface area contributed by atoms with E-state index < -0.39 is 16.3 Å². The van der Waals surface area contributed by atoms with Crippen LogP contribution in [0.15, 0.2) is 77.8 Å². The molecule has 3 heterocycles. The van der Waals surface area contributed by atoms with Gasteiger partial charge in [0.1, 0.15) is 0 Å².